The smallest absolute Gasteiger partial charge is 0.307 e. The predicted octanol–water partition coefficient (Wildman–Crippen LogP) is 1.71. The second-order valence-corrected chi connectivity index (χ2v) is 4.26. The Balaban J connectivity index is 2.89. The molecule has 6 heteroatoms. The van der Waals surface area contributed by atoms with E-state index >= 15 is 0 Å². The number of halogens is 1. The average molecular weight is 286 g/mol. The van der Waals surface area contributed by atoms with Gasteiger partial charge >= 0.3 is 5.97 Å². The summed E-state index contributed by atoms with van der Waals surface area (Å²) in [6, 6.07) is 6.47. The molecule has 1 unspecified atom stereocenters. The topological polar surface area (TPSA) is 64.6 Å². The van der Waals surface area contributed by atoms with Gasteiger partial charge in [-0.15, -0.1) is 0 Å². The number of amides is 1. The highest BCUT2D eigenvalue weighted by Gasteiger charge is 2.20. The molecular formula is C13H16ClNO4. The first kappa shape index (κ1) is 15.5. The molecule has 0 aliphatic heterocycles. The van der Waals surface area contributed by atoms with Gasteiger partial charge in [-0.3, -0.25) is 9.59 Å². The Kier molecular flexibility index (Phi) is 6.32. The van der Waals surface area contributed by atoms with Crippen LogP contribution >= 0.6 is 11.6 Å². The number of carbonyl (C=O) groups is 2. The van der Waals surface area contributed by atoms with E-state index in [0.29, 0.717) is 10.6 Å². The van der Waals surface area contributed by atoms with Crippen molar-refractivity contribution in [2.45, 2.75) is 12.5 Å². The summed E-state index contributed by atoms with van der Waals surface area (Å²) in [7, 11) is 2.72. The second kappa shape index (κ2) is 7.76. The first-order valence-electron chi connectivity index (χ1n) is 5.68. The van der Waals surface area contributed by atoms with Crippen LogP contribution in [0.2, 0.25) is 5.02 Å². The van der Waals surface area contributed by atoms with Gasteiger partial charge < -0.3 is 14.8 Å². The molecule has 1 aromatic carbocycles. The molecule has 0 spiro atoms. The van der Waals surface area contributed by atoms with Crippen LogP contribution < -0.4 is 5.32 Å². The zero-order chi connectivity index (χ0) is 14.3. The molecule has 0 aliphatic rings. The zero-order valence-corrected chi connectivity index (χ0v) is 11.6. The number of rotatable bonds is 6. The molecule has 0 aliphatic carbocycles. The zero-order valence-electron chi connectivity index (χ0n) is 10.8. The van der Waals surface area contributed by atoms with Gasteiger partial charge in [-0.1, -0.05) is 29.8 Å². The van der Waals surface area contributed by atoms with Gasteiger partial charge in [-0.05, 0) is 11.6 Å². The molecule has 1 atom stereocenters. The lowest BCUT2D eigenvalue weighted by atomic mass is 10.0. The lowest BCUT2D eigenvalue weighted by Gasteiger charge is -2.19. The van der Waals surface area contributed by atoms with Gasteiger partial charge in [0.15, 0.2) is 0 Å². The average Bonchev–Trinajstić information content (AvgIpc) is 2.38. The fourth-order valence-electron chi connectivity index (χ4n) is 1.61. The van der Waals surface area contributed by atoms with Crippen LogP contribution in [0.1, 0.15) is 18.0 Å². The molecule has 0 saturated heterocycles. The van der Waals surface area contributed by atoms with Crippen LogP contribution in [0.3, 0.4) is 0 Å². The van der Waals surface area contributed by atoms with Crippen molar-refractivity contribution < 1.29 is 19.1 Å². The van der Waals surface area contributed by atoms with Crippen LogP contribution in [0.15, 0.2) is 24.3 Å². The van der Waals surface area contributed by atoms with Gasteiger partial charge in [-0.25, -0.2) is 0 Å². The Labute approximate surface area is 116 Å². The van der Waals surface area contributed by atoms with Gasteiger partial charge in [0, 0.05) is 12.1 Å². The number of ether oxygens (including phenoxy) is 2. The van der Waals surface area contributed by atoms with E-state index in [0.717, 1.165) is 0 Å². The van der Waals surface area contributed by atoms with Crippen molar-refractivity contribution in [3.05, 3.63) is 34.9 Å². The molecule has 0 saturated carbocycles. The van der Waals surface area contributed by atoms with E-state index < -0.39 is 12.0 Å². The summed E-state index contributed by atoms with van der Waals surface area (Å²) >= 11 is 6.07. The minimum Gasteiger partial charge on any atom is -0.469 e. The third-order valence-corrected chi connectivity index (χ3v) is 2.83. The van der Waals surface area contributed by atoms with E-state index in [1.807, 2.05) is 0 Å². The highest BCUT2D eigenvalue weighted by molar-refractivity contribution is 6.31. The van der Waals surface area contributed by atoms with E-state index in [9.17, 15) is 9.59 Å². The number of methoxy groups -OCH3 is 2. The lowest BCUT2D eigenvalue weighted by Crippen LogP contribution is -2.33. The summed E-state index contributed by atoms with van der Waals surface area (Å²) in [6.07, 6.45) is 0.00961. The molecule has 0 aromatic heterocycles. The largest absolute Gasteiger partial charge is 0.469 e. The third-order valence-electron chi connectivity index (χ3n) is 2.49. The van der Waals surface area contributed by atoms with Crippen molar-refractivity contribution in [1.82, 2.24) is 5.32 Å². The minimum absolute atomic E-state index is 0.00961. The van der Waals surface area contributed by atoms with Crippen molar-refractivity contribution >= 4 is 23.5 Å². The molecule has 0 fully saturated rings. The summed E-state index contributed by atoms with van der Waals surface area (Å²) in [6.45, 7) is -0.0812. The molecule has 0 heterocycles. The van der Waals surface area contributed by atoms with E-state index in [4.69, 9.17) is 16.3 Å². The van der Waals surface area contributed by atoms with Crippen molar-refractivity contribution in [1.29, 1.82) is 0 Å². The number of benzene rings is 1. The molecule has 1 rings (SSSR count). The summed E-state index contributed by atoms with van der Waals surface area (Å²) in [4.78, 5) is 23.0. The Hall–Kier alpha value is -1.59. The highest BCUT2D eigenvalue weighted by atomic mass is 35.5. The maximum Gasteiger partial charge on any atom is 0.307 e. The summed E-state index contributed by atoms with van der Waals surface area (Å²) < 4.78 is 9.36. The van der Waals surface area contributed by atoms with Crippen LogP contribution in [0.25, 0.3) is 0 Å². The Bertz CT molecular complexity index is 450. The maximum absolute atomic E-state index is 11.6. The maximum atomic E-state index is 11.6. The molecule has 1 aromatic rings. The first-order chi connectivity index (χ1) is 9.08. The normalized spacial score (nSPS) is 11.7. The SMILES string of the molecule is COCC(=O)NC(CC(=O)OC)c1ccccc1Cl. The summed E-state index contributed by atoms with van der Waals surface area (Å²) in [5.41, 5.74) is 0.666. The molecule has 19 heavy (non-hydrogen) atoms. The first-order valence-corrected chi connectivity index (χ1v) is 6.05. The van der Waals surface area contributed by atoms with Crippen LogP contribution in [-0.4, -0.2) is 32.7 Å². The molecule has 1 amide bonds. The monoisotopic (exact) mass is 285 g/mol. The second-order valence-electron chi connectivity index (χ2n) is 3.85. The molecule has 0 radical (unpaired) electrons. The molecule has 5 nitrogen and oxygen atoms in total. The van der Waals surface area contributed by atoms with Crippen LogP contribution in [-0.2, 0) is 19.1 Å². The van der Waals surface area contributed by atoms with Gasteiger partial charge in [0.05, 0.1) is 19.6 Å². The fraction of sp³-hybridized carbons (Fsp3) is 0.385. The standard InChI is InChI=1S/C13H16ClNO4/c1-18-8-12(16)15-11(7-13(17)19-2)9-5-3-4-6-10(9)14/h3-6,11H,7-8H2,1-2H3,(H,15,16). The Morgan fingerprint density at radius 2 is 2.00 bits per heavy atom. The quantitative estimate of drug-likeness (QED) is 0.808. The van der Waals surface area contributed by atoms with E-state index in [1.165, 1.54) is 14.2 Å². The Morgan fingerprint density at radius 1 is 1.32 bits per heavy atom. The Morgan fingerprint density at radius 3 is 2.58 bits per heavy atom. The van der Waals surface area contributed by atoms with E-state index in [1.54, 1.807) is 24.3 Å². The third kappa shape index (κ3) is 4.89. The summed E-state index contributed by atoms with van der Waals surface area (Å²) in [5, 5.41) is 3.17. The minimum atomic E-state index is -0.538. The summed E-state index contributed by atoms with van der Waals surface area (Å²) in [5.74, 6) is -0.751. The van der Waals surface area contributed by atoms with Gasteiger partial charge in [0.2, 0.25) is 5.91 Å². The number of esters is 1. The molecular weight excluding hydrogens is 270 g/mol. The number of nitrogens with one attached hydrogen (secondary N) is 1. The van der Waals surface area contributed by atoms with Gasteiger partial charge in [0.1, 0.15) is 6.61 Å². The fourth-order valence-corrected chi connectivity index (χ4v) is 1.88. The number of hydrogen-bond donors (Lipinski definition) is 1. The van der Waals surface area contributed by atoms with Crippen LogP contribution in [0.5, 0.6) is 0 Å². The van der Waals surface area contributed by atoms with Crippen molar-refractivity contribution in [3.8, 4) is 0 Å². The number of carbonyl (C=O) groups excluding carboxylic acids is 2. The molecule has 0 bridgehead atoms. The highest BCUT2D eigenvalue weighted by Crippen LogP contribution is 2.25. The van der Waals surface area contributed by atoms with Crippen molar-refractivity contribution in [2.24, 2.45) is 0 Å². The van der Waals surface area contributed by atoms with Crippen molar-refractivity contribution in [3.63, 3.8) is 0 Å². The predicted molar refractivity (Wildman–Crippen MR) is 70.8 cm³/mol. The van der Waals surface area contributed by atoms with Crippen LogP contribution in [0, 0.1) is 0 Å². The lowest BCUT2D eigenvalue weighted by molar-refractivity contribution is -0.141. The number of hydrogen-bond acceptors (Lipinski definition) is 4. The van der Waals surface area contributed by atoms with Crippen LogP contribution in [0.4, 0.5) is 0 Å². The van der Waals surface area contributed by atoms with Gasteiger partial charge in [-0.2, -0.15) is 0 Å². The molecule has 104 valence electrons. The molecule has 1 N–H and O–H groups in total. The van der Waals surface area contributed by atoms with Crippen molar-refractivity contribution in [2.75, 3.05) is 20.8 Å². The van der Waals surface area contributed by atoms with E-state index in [-0.39, 0.29) is 18.9 Å². The van der Waals surface area contributed by atoms with E-state index in [2.05, 4.69) is 10.1 Å². The van der Waals surface area contributed by atoms with Gasteiger partial charge in [0.25, 0.3) is 0 Å².